The van der Waals surface area contributed by atoms with Gasteiger partial charge in [0, 0.05) is 30.0 Å². The number of nitrogens with one attached hydrogen (secondary N) is 1. The molecule has 106 valence electrons. The molecule has 1 unspecified atom stereocenters. The summed E-state index contributed by atoms with van der Waals surface area (Å²) in [5.41, 5.74) is 2.86. The van der Waals surface area contributed by atoms with Crippen molar-refractivity contribution in [3.8, 4) is 0 Å². The van der Waals surface area contributed by atoms with E-state index < -0.39 is 0 Å². The molecule has 0 radical (unpaired) electrons. The van der Waals surface area contributed by atoms with Gasteiger partial charge in [-0.2, -0.15) is 0 Å². The molecule has 1 saturated heterocycles. The Labute approximate surface area is 127 Å². The Morgan fingerprint density at radius 2 is 2.30 bits per heavy atom. The summed E-state index contributed by atoms with van der Waals surface area (Å²) < 4.78 is 6.69. The lowest BCUT2D eigenvalue weighted by Gasteiger charge is -2.22. The first-order chi connectivity index (χ1) is 9.83. The van der Waals surface area contributed by atoms with Crippen molar-refractivity contribution >= 4 is 32.7 Å². The molecular weight excluding hydrogens is 318 g/mol. The van der Waals surface area contributed by atoms with Gasteiger partial charge in [-0.05, 0) is 53.7 Å². The number of pyridine rings is 2. The highest BCUT2D eigenvalue weighted by Gasteiger charge is 2.13. The summed E-state index contributed by atoms with van der Waals surface area (Å²) in [6.07, 6.45) is 8.75. The molecule has 2 aromatic heterocycles. The average Bonchev–Trinajstić information content (AvgIpc) is 2.48. The van der Waals surface area contributed by atoms with Gasteiger partial charge in [-0.15, -0.1) is 0 Å². The zero-order valence-electron chi connectivity index (χ0n) is 11.3. The van der Waals surface area contributed by atoms with Crippen LogP contribution in [0.2, 0.25) is 0 Å². The van der Waals surface area contributed by atoms with Crippen LogP contribution in [0.5, 0.6) is 0 Å². The van der Waals surface area contributed by atoms with Crippen molar-refractivity contribution < 1.29 is 4.74 Å². The quantitative estimate of drug-likeness (QED) is 0.923. The molecular formula is C15H18BrN3O. The van der Waals surface area contributed by atoms with Crippen molar-refractivity contribution in [3.05, 3.63) is 29.0 Å². The zero-order chi connectivity index (χ0) is 13.8. The van der Waals surface area contributed by atoms with Crippen LogP contribution >= 0.6 is 15.9 Å². The van der Waals surface area contributed by atoms with Crippen LogP contribution in [0.25, 0.3) is 11.0 Å². The zero-order valence-corrected chi connectivity index (χ0v) is 12.9. The van der Waals surface area contributed by atoms with Crippen molar-refractivity contribution in [2.75, 3.05) is 18.5 Å². The van der Waals surface area contributed by atoms with E-state index in [0.717, 1.165) is 40.8 Å². The minimum atomic E-state index is 0.409. The molecule has 0 aliphatic carbocycles. The normalized spacial score (nSPS) is 19.1. The van der Waals surface area contributed by atoms with Gasteiger partial charge in [0.1, 0.15) is 5.52 Å². The molecule has 1 atom stereocenters. The van der Waals surface area contributed by atoms with E-state index in [1.165, 1.54) is 19.3 Å². The Morgan fingerprint density at radius 3 is 3.15 bits per heavy atom. The number of aromatic nitrogens is 2. The maximum Gasteiger partial charge on any atom is 0.112 e. The fraction of sp³-hybridized carbons (Fsp3) is 0.467. The molecule has 0 aromatic carbocycles. The monoisotopic (exact) mass is 335 g/mol. The van der Waals surface area contributed by atoms with Gasteiger partial charge in [-0.25, -0.2) is 0 Å². The van der Waals surface area contributed by atoms with Crippen LogP contribution in [0.1, 0.15) is 25.7 Å². The Hall–Kier alpha value is -1.20. The Balaban J connectivity index is 1.65. The summed E-state index contributed by atoms with van der Waals surface area (Å²) in [5, 5.41) is 3.46. The van der Waals surface area contributed by atoms with Gasteiger partial charge < -0.3 is 10.1 Å². The van der Waals surface area contributed by atoms with Gasteiger partial charge in [0.15, 0.2) is 0 Å². The number of nitrogens with zero attached hydrogens (tertiary/aromatic N) is 2. The molecule has 1 aliphatic heterocycles. The Morgan fingerprint density at radius 1 is 1.35 bits per heavy atom. The van der Waals surface area contributed by atoms with E-state index in [2.05, 4.69) is 31.2 Å². The molecule has 0 amide bonds. The fourth-order valence-electron chi connectivity index (χ4n) is 2.55. The van der Waals surface area contributed by atoms with E-state index in [-0.39, 0.29) is 0 Å². The third-order valence-electron chi connectivity index (χ3n) is 3.60. The number of rotatable bonds is 4. The average molecular weight is 336 g/mol. The molecule has 3 heterocycles. The van der Waals surface area contributed by atoms with E-state index in [1.807, 2.05) is 18.3 Å². The fourth-order valence-corrected chi connectivity index (χ4v) is 2.87. The van der Waals surface area contributed by atoms with Gasteiger partial charge in [-0.3, -0.25) is 9.97 Å². The first-order valence-corrected chi connectivity index (χ1v) is 7.88. The van der Waals surface area contributed by atoms with Crippen LogP contribution in [0.3, 0.4) is 0 Å². The third kappa shape index (κ3) is 3.27. The van der Waals surface area contributed by atoms with Gasteiger partial charge in [0.2, 0.25) is 0 Å². The summed E-state index contributed by atoms with van der Waals surface area (Å²) >= 11 is 3.42. The second kappa shape index (κ2) is 6.50. The van der Waals surface area contributed by atoms with Crippen molar-refractivity contribution in [1.29, 1.82) is 0 Å². The summed E-state index contributed by atoms with van der Waals surface area (Å²) in [5.74, 6) is 0. The summed E-state index contributed by atoms with van der Waals surface area (Å²) in [4.78, 5) is 8.79. The van der Waals surface area contributed by atoms with Crippen molar-refractivity contribution in [3.63, 3.8) is 0 Å². The number of anilines is 1. The second-order valence-corrected chi connectivity index (χ2v) is 6.00. The molecule has 4 nitrogen and oxygen atoms in total. The molecule has 5 heteroatoms. The highest BCUT2D eigenvalue weighted by Crippen LogP contribution is 2.22. The largest absolute Gasteiger partial charge is 0.383 e. The topological polar surface area (TPSA) is 47.0 Å². The van der Waals surface area contributed by atoms with E-state index >= 15 is 0 Å². The first-order valence-electron chi connectivity index (χ1n) is 7.09. The second-order valence-electron chi connectivity index (χ2n) is 5.08. The van der Waals surface area contributed by atoms with Crippen LogP contribution in [0, 0.1) is 0 Å². The Kier molecular flexibility index (Phi) is 4.47. The van der Waals surface area contributed by atoms with Crippen molar-refractivity contribution in [2.45, 2.75) is 31.8 Å². The maximum atomic E-state index is 5.74. The predicted octanol–water partition coefficient (Wildman–Crippen LogP) is 3.76. The van der Waals surface area contributed by atoms with Crippen LogP contribution < -0.4 is 5.32 Å². The highest BCUT2D eigenvalue weighted by molar-refractivity contribution is 9.10. The van der Waals surface area contributed by atoms with Gasteiger partial charge >= 0.3 is 0 Å². The van der Waals surface area contributed by atoms with E-state index in [1.54, 1.807) is 6.20 Å². The van der Waals surface area contributed by atoms with Crippen molar-refractivity contribution in [1.82, 2.24) is 9.97 Å². The van der Waals surface area contributed by atoms with Crippen LogP contribution in [-0.4, -0.2) is 29.2 Å². The number of hydrogen-bond donors (Lipinski definition) is 1. The molecule has 0 bridgehead atoms. The van der Waals surface area contributed by atoms with Crippen LogP contribution in [-0.2, 0) is 4.74 Å². The molecule has 1 N–H and O–H groups in total. The van der Waals surface area contributed by atoms with E-state index in [0.29, 0.717) is 6.10 Å². The van der Waals surface area contributed by atoms with Gasteiger partial charge in [-0.1, -0.05) is 0 Å². The highest BCUT2D eigenvalue weighted by atomic mass is 79.9. The molecule has 0 spiro atoms. The Bertz CT molecular complexity index is 584. The standard InChI is InChI=1S/C15H18BrN3O/c16-11-9-14-15(19-10-11)13(5-7-18-14)17-6-4-12-3-1-2-8-20-12/h5,7,9-10,12H,1-4,6,8H2,(H,17,18). The maximum absolute atomic E-state index is 5.74. The summed E-state index contributed by atoms with van der Waals surface area (Å²) in [7, 11) is 0. The first kappa shape index (κ1) is 13.8. The lowest BCUT2D eigenvalue weighted by Crippen LogP contribution is -2.22. The van der Waals surface area contributed by atoms with E-state index in [4.69, 9.17) is 4.74 Å². The smallest absolute Gasteiger partial charge is 0.112 e. The number of halogens is 1. The van der Waals surface area contributed by atoms with Crippen LogP contribution in [0.4, 0.5) is 5.69 Å². The molecule has 3 rings (SSSR count). The summed E-state index contributed by atoms with van der Waals surface area (Å²) in [6.45, 7) is 1.82. The minimum absolute atomic E-state index is 0.409. The predicted molar refractivity (Wildman–Crippen MR) is 83.9 cm³/mol. The molecule has 0 saturated carbocycles. The summed E-state index contributed by atoms with van der Waals surface area (Å²) in [6, 6.07) is 3.96. The molecule has 1 aliphatic rings. The lowest BCUT2D eigenvalue weighted by atomic mass is 10.1. The van der Waals surface area contributed by atoms with Crippen LogP contribution in [0.15, 0.2) is 29.0 Å². The third-order valence-corrected chi connectivity index (χ3v) is 4.03. The SMILES string of the molecule is Brc1cnc2c(NCCC3CCCCO3)ccnc2c1. The van der Waals surface area contributed by atoms with Gasteiger partial charge in [0.05, 0.1) is 17.3 Å². The molecule has 1 fully saturated rings. The lowest BCUT2D eigenvalue weighted by molar-refractivity contribution is 0.0134. The number of hydrogen-bond acceptors (Lipinski definition) is 4. The van der Waals surface area contributed by atoms with E-state index in [9.17, 15) is 0 Å². The molecule has 20 heavy (non-hydrogen) atoms. The van der Waals surface area contributed by atoms with Gasteiger partial charge in [0.25, 0.3) is 0 Å². The number of fused-ring (bicyclic) bond motifs is 1. The minimum Gasteiger partial charge on any atom is -0.383 e. The van der Waals surface area contributed by atoms with Crippen molar-refractivity contribution in [2.24, 2.45) is 0 Å². The molecule has 2 aromatic rings. The number of ether oxygens (including phenoxy) is 1.